The lowest BCUT2D eigenvalue weighted by molar-refractivity contribution is -0.118. The van der Waals surface area contributed by atoms with Gasteiger partial charge in [-0.1, -0.05) is 41.7 Å². The van der Waals surface area contributed by atoms with Crippen LogP contribution in [0.25, 0.3) is 0 Å². The average Bonchev–Trinajstić information content (AvgIpc) is 3.07. The Morgan fingerprint density at radius 2 is 1.89 bits per heavy atom. The average molecular weight is 399 g/mol. The van der Waals surface area contributed by atoms with Gasteiger partial charge in [0.1, 0.15) is 5.76 Å². The van der Waals surface area contributed by atoms with Crippen molar-refractivity contribution in [2.24, 2.45) is 5.10 Å². The van der Waals surface area contributed by atoms with Crippen LogP contribution in [0.2, 0.25) is 0 Å². The molecule has 27 heavy (non-hydrogen) atoms. The molecule has 8 heteroatoms. The molecular formula is C19H18N4O2S2. The third-order valence-corrected chi connectivity index (χ3v) is 5.01. The second-order valence-corrected chi connectivity index (χ2v) is 7.61. The Morgan fingerprint density at radius 1 is 1.15 bits per heavy atom. The summed E-state index contributed by atoms with van der Waals surface area (Å²) in [6, 6.07) is 15.5. The normalized spacial score (nSPS) is 11.0. The maximum absolute atomic E-state index is 11.9. The maximum Gasteiger partial charge on any atom is 0.250 e. The topological polar surface area (TPSA) is 80.4 Å². The van der Waals surface area contributed by atoms with E-state index in [0.717, 1.165) is 21.4 Å². The largest absolute Gasteiger partial charge is 0.448 e. The molecule has 0 aliphatic rings. The minimum absolute atomic E-state index is 0.188. The number of nitrogens with one attached hydrogen (secondary N) is 1. The zero-order valence-corrected chi connectivity index (χ0v) is 16.5. The van der Waals surface area contributed by atoms with E-state index in [1.165, 1.54) is 29.7 Å². The number of furan rings is 1. The molecule has 0 unspecified atom stereocenters. The number of benzene rings is 1. The van der Waals surface area contributed by atoms with Gasteiger partial charge in [0.05, 0.1) is 12.0 Å². The number of carbonyl (C=O) groups excluding carboxylic acids is 1. The first-order valence-electron chi connectivity index (χ1n) is 8.18. The SMILES string of the molecule is Cc1cc(C)nc(SCC(=O)N/N=C\c2ccc(Sc3ccccc3)o2)n1. The van der Waals surface area contributed by atoms with Gasteiger partial charge in [-0.05, 0) is 44.2 Å². The lowest BCUT2D eigenvalue weighted by Gasteiger charge is -2.02. The molecule has 0 saturated heterocycles. The third kappa shape index (κ3) is 6.26. The molecule has 2 heterocycles. The van der Waals surface area contributed by atoms with Crippen LogP contribution < -0.4 is 5.43 Å². The summed E-state index contributed by atoms with van der Waals surface area (Å²) in [5, 5.41) is 5.27. The van der Waals surface area contributed by atoms with Gasteiger partial charge in [0.25, 0.3) is 5.91 Å². The van der Waals surface area contributed by atoms with Crippen molar-refractivity contribution in [2.45, 2.75) is 29.0 Å². The molecule has 138 valence electrons. The summed E-state index contributed by atoms with van der Waals surface area (Å²) < 4.78 is 5.66. The number of nitrogens with zero attached hydrogens (tertiary/aromatic N) is 3. The van der Waals surface area contributed by atoms with Gasteiger partial charge in [-0.2, -0.15) is 5.10 Å². The molecule has 0 aliphatic heterocycles. The smallest absolute Gasteiger partial charge is 0.250 e. The van der Waals surface area contributed by atoms with Crippen molar-refractivity contribution in [3.63, 3.8) is 0 Å². The van der Waals surface area contributed by atoms with Gasteiger partial charge in [0.2, 0.25) is 0 Å². The molecule has 0 atom stereocenters. The van der Waals surface area contributed by atoms with Crippen LogP contribution in [0.3, 0.4) is 0 Å². The van der Waals surface area contributed by atoms with Crippen molar-refractivity contribution in [1.29, 1.82) is 0 Å². The first kappa shape index (κ1) is 19.2. The lowest BCUT2D eigenvalue weighted by Crippen LogP contribution is -2.19. The predicted molar refractivity (Wildman–Crippen MR) is 107 cm³/mol. The Balaban J connectivity index is 1.46. The number of amides is 1. The second kappa shape index (κ2) is 9.38. The van der Waals surface area contributed by atoms with Gasteiger partial charge in [0.15, 0.2) is 10.2 Å². The van der Waals surface area contributed by atoms with Crippen LogP contribution in [-0.4, -0.2) is 27.8 Å². The summed E-state index contributed by atoms with van der Waals surface area (Å²) in [6.07, 6.45) is 1.48. The number of carbonyl (C=O) groups is 1. The predicted octanol–water partition coefficient (Wildman–Crippen LogP) is 4.08. The van der Waals surface area contributed by atoms with Crippen molar-refractivity contribution in [3.8, 4) is 0 Å². The molecule has 6 nitrogen and oxygen atoms in total. The van der Waals surface area contributed by atoms with Crippen LogP contribution in [0.4, 0.5) is 0 Å². The zero-order valence-electron chi connectivity index (χ0n) is 14.9. The Bertz CT molecular complexity index is 922. The van der Waals surface area contributed by atoms with Crippen LogP contribution in [0.1, 0.15) is 17.1 Å². The van der Waals surface area contributed by atoms with Crippen molar-refractivity contribution >= 4 is 35.6 Å². The van der Waals surface area contributed by atoms with E-state index in [9.17, 15) is 4.79 Å². The fourth-order valence-corrected chi connectivity index (χ4v) is 3.69. The Hall–Kier alpha value is -2.58. The van der Waals surface area contributed by atoms with E-state index in [1.54, 1.807) is 6.07 Å². The number of rotatable bonds is 7. The molecule has 3 aromatic rings. The first-order valence-corrected chi connectivity index (χ1v) is 9.98. The van der Waals surface area contributed by atoms with Gasteiger partial charge < -0.3 is 4.42 Å². The quantitative estimate of drug-likeness (QED) is 0.280. The van der Waals surface area contributed by atoms with Crippen LogP contribution in [0.15, 0.2) is 73.2 Å². The first-order chi connectivity index (χ1) is 13.1. The minimum Gasteiger partial charge on any atom is -0.448 e. The lowest BCUT2D eigenvalue weighted by atomic mass is 10.4. The molecule has 2 aromatic heterocycles. The van der Waals surface area contributed by atoms with E-state index in [1.807, 2.05) is 56.3 Å². The number of hydrogen-bond donors (Lipinski definition) is 1. The van der Waals surface area contributed by atoms with E-state index in [2.05, 4.69) is 20.5 Å². The fourth-order valence-electron chi connectivity index (χ4n) is 2.15. The highest BCUT2D eigenvalue weighted by Gasteiger charge is 2.06. The Morgan fingerprint density at radius 3 is 2.63 bits per heavy atom. The molecule has 0 bridgehead atoms. The monoisotopic (exact) mass is 398 g/mol. The second-order valence-electron chi connectivity index (χ2n) is 5.59. The Labute approximate surface area is 165 Å². The van der Waals surface area contributed by atoms with Gasteiger partial charge in [-0.25, -0.2) is 15.4 Å². The number of aryl methyl sites for hydroxylation is 2. The van der Waals surface area contributed by atoms with Crippen molar-refractivity contribution in [2.75, 3.05) is 5.75 Å². The highest BCUT2D eigenvalue weighted by Crippen LogP contribution is 2.28. The van der Waals surface area contributed by atoms with E-state index in [-0.39, 0.29) is 11.7 Å². The number of hydrazone groups is 1. The summed E-state index contributed by atoms with van der Waals surface area (Å²) >= 11 is 2.80. The molecule has 1 N–H and O–H groups in total. The van der Waals surface area contributed by atoms with E-state index in [4.69, 9.17) is 4.42 Å². The molecule has 0 spiro atoms. The fraction of sp³-hybridized carbons (Fsp3) is 0.158. The van der Waals surface area contributed by atoms with Crippen molar-refractivity contribution < 1.29 is 9.21 Å². The van der Waals surface area contributed by atoms with Crippen molar-refractivity contribution in [1.82, 2.24) is 15.4 Å². The zero-order chi connectivity index (χ0) is 19.1. The summed E-state index contributed by atoms with van der Waals surface area (Å²) in [6.45, 7) is 3.80. The van der Waals surface area contributed by atoms with Crippen LogP contribution in [0, 0.1) is 13.8 Å². The summed E-state index contributed by atoms with van der Waals surface area (Å²) in [7, 11) is 0. The van der Waals surface area contributed by atoms with Crippen LogP contribution >= 0.6 is 23.5 Å². The van der Waals surface area contributed by atoms with E-state index in [0.29, 0.717) is 10.9 Å². The number of thioether (sulfide) groups is 1. The van der Waals surface area contributed by atoms with Crippen molar-refractivity contribution in [3.05, 3.63) is 65.7 Å². The van der Waals surface area contributed by atoms with E-state index >= 15 is 0 Å². The summed E-state index contributed by atoms with van der Waals surface area (Å²) in [5.74, 6) is 0.525. The molecule has 0 saturated carbocycles. The van der Waals surface area contributed by atoms with Gasteiger partial charge in [-0.15, -0.1) is 0 Å². The van der Waals surface area contributed by atoms with Crippen LogP contribution in [0.5, 0.6) is 0 Å². The molecule has 1 aromatic carbocycles. The molecule has 0 radical (unpaired) electrons. The standard InChI is InChI=1S/C19H18N4O2S2/c1-13-10-14(2)22-19(21-13)26-12-17(24)23-20-11-15-8-9-18(25-15)27-16-6-4-3-5-7-16/h3-11H,12H2,1-2H3,(H,23,24)/b20-11-. The number of aromatic nitrogens is 2. The van der Waals surface area contributed by atoms with Crippen LogP contribution in [-0.2, 0) is 4.79 Å². The highest BCUT2D eigenvalue weighted by molar-refractivity contribution is 7.99. The highest BCUT2D eigenvalue weighted by atomic mass is 32.2. The molecule has 3 rings (SSSR count). The van der Waals surface area contributed by atoms with Gasteiger partial charge in [0, 0.05) is 16.3 Å². The molecule has 0 fully saturated rings. The summed E-state index contributed by atoms with van der Waals surface area (Å²) in [4.78, 5) is 21.6. The third-order valence-electron chi connectivity index (χ3n) is 3.24. The summed E-state index contributed by atoms with van der Waals surface area (Å²) in [5.41, 5.74) is 4.24. The maximum atomic E-state index is 11.9. The molecular weight excluding hydrogens is 380 g/mol. The van der Waals surface area contributed by atoms with Gasteiger partial charge in [-0.3, -0.25) is 4.79 Å². The Kier molecular flexibility index (Phi) is 6.67. The number of hydrogen-bond acceptors (Lipinski definition) is 7. The molecule has 1 amide bonds. The molecule has 0 aliphatic carbocycles. The van der Waals surface area contributed by atoms with Gasteiger partial charge >= 0.3 is 0 Å². The minimum atomic E-state index is -0.232. The van der Waals surface area contributed by atoms with E-state index < -0.39 is 0 Å².